The number of hydrogen-bond acceptors (Lipinski definition) is 4. The minimum Gasteiger partial charge on any atom is -0.398 e. The smallest absolute Gasteiger partial charge is 0.242 e. The van der Waals surface area contributed by atoms with E-state index in [9.17, 15) is 13.5 Å². The number of benzene rings is 1. The summed E-state index contributed by atoms with van der Waals surface area (Å²) in [6.07, 6.45) is -0.720. The number of nitrogens with two attached hydrogens (primary N) is 1. The third-order valence-corrected chi connectivity index (χ3v) is 4.65. The van der Waals surface area contributed by atoms with Gasteiger partial charge in [0.05, 0.1) is 11.8 Å². The van der Waals surface area contributed by atoms with Crippen molar-refractivity contribution in [2.45, 2.75) is 38.7 Å². The average Bonchev–Trinajstić information content (AvgIpc) is 2.30. The number of nitrogen functional groups attached to an aromatic ring is 1. The maximum absolute atomic E-state index is 12.1. The van der Waals surface area contributed by atoms with E-state index in [0.717, 1.165) is 11.1 Å². The minimum absolute atomic E-state index is 0.0141. The summed E-state index contributed by atoms with van der Waals surface area (Å²) in [6, 6.07) is 3.19. The molecule has 4 N–H and O–H groups in total. The highest BCUT2D eigenvalue weighted by molar-refractivity contribution is 7.89. The molecule has 5 nitrogen and oxygen atoms in total. The van der Waals surface area contributed by atoms with E-state index in [1.165, 1.54) is 0 Å². The minimum atomic E-state index is -3.69. The van der Waals surface area contributed by atoms with Crippen LogP contribution in [0.15, 0.2) is 17.0 Å². The lowest BCUT2D eigenvalue weighted by molar-refractivity contribution is 0.129. The average molecular weight is 286 g/mol. The number of aliphatic hydroxyl groups excluding tert-OH is 1. The van der Waals surface area contributed by atoms with E-state index in [-0.39, 0.29) is 23.0 Å². The molecule has 1 aromatic carbocycles. The highest BCUT2D eigenvalue weighted by atomic mass is 32.2. The molecule has 1 unspecified atom stereocenters. The second kappa shape index (κ2) is 5.90. The summed E-state index contributed by atoms with van der Waals surface area (Å²) in [4.78, 5) is 0.0616. The Hall–Kier alpha value is -1.11. The van der Waals surface area contributed by atoms with Crippen LogP contribution in [0, 0.1) is 19.8 Å². The van der Waals surface area contributed by atoms with Crippen LogP contribution in [0.3, 0.4) is 0 Å². The Balaban J connectivity index is 2.98. The molecule has 0 aliphatic carbocycles. The van der Waals surface area contributed by atoms with Crippen LogP contribution in [-0.2, 0) is 10.0 Å². The largest absolute Gasteiger partial charge is 0.398 e. The SMILES string of the molecule is Cc1cc(N)c(S(=O)(=O)NCC(O)C(C)C)cc1C. The number of aliphatic hydroxyl groups is 1. The van der Waals surface area contributed by atoms with Gasteiger partial charge in [0.1, 0.15) is 4.90 Å². The van der Waals surface area contributed by atoms with Gasteiger partial charge >= 0.3 is 0 Å². The Morgan fingerprint density at radius 1 is 1.26 bits per heavy atom. The van der Waals surface area contributed by atoms with E-state index >= 15 is 0 Å². The van der Waals surface area contributed by atoms with Crippen molar-refractivity contribution in [3.8, 4) is 0 Å². The number of aryl methyl sites for hydroxylation is 2. The molecule has 0 aromatic heterocycles. The molecule has 19 heavy (non-hydrogen) atoms. The Kier molecular flexibility index (Phi) is 4.95. The molecule has 0 aliphatic heterocycles. The lowest BCUT2D eigenvalue weighted by Gasteiger charge is -2.16. The number of sulfonamides is 1. The van der Waals surface area contributed by atoms with Crippen molar-refractivity contribution >= 4 is 15.7 Å². The molecule has 0 saturated heterocycles. The van der Waals surface area contributed by atoms with Crippen LogP contribution in [0.4, 0.5) is 5.69 Å². The zero-order valence-corrected chi connectivity index (χ0v) is 12.6. The van der Waals surface area contributed by atoms with Gasteiger partial charge in [-0.25, -0.2) is 13.1 Å². The van der Waals surface area contributed by atoms with E-state index in [4.69, 9.17) is 5.73 Å². The van der Waals surface area contributed by atoms with Crippen molar-refractivity contribution < 1.29 is 13.5 Å². The van der Waals surface area contributed by atoms with Crippen LogP contribution in [0.5, 0.6) is 0 Å². The summed E-state index contributed by atoms with van der Waals surface area (Å²) in [6.45, 7) is 7.33. The van der Waals surface area contributed by atoms with Gasteiger partial charge < -0.3 is 10.8 Å². The third kappa shape index (κ3) is 3.92. The van der Waals surface area contributed by atoms with E-state index in [0.29, 0.717) is 0 Å². The molecule has 108 valence electrons. The summed E-state index contributed by atoms with van der Waals surface area (Å²) >= 11 is 0. The maximum atomic E-state index is 12.1. The van der Waals surface area contributed by atoms with Crippen LogP contribution in [-0.4, -0.2) is 26.2 Å². The lowest BCUT2D eigenvalue weighted by atomic mass is 10.1. The van der Waals surface area contributed by atoms with Crippen molar-refractivity contribution in [3.05, 3.63) is 23.3 Å². The molecule has 0 spiro atoms. The standard InChI is InChI=1S/C13H22N2O3S/c1-8(2)12(16)7-15-19(17,18)13-6-10(4)9(3)5-11(13)14/h5-6,8,12,15-16H,7,14H2,1-4H3. The van der Waals surface area contributed by atoms with Crippen LogP contribution >= 0.6 is 0 Å². The first kappa shape index (κ1) is 15.9. The number of hydrogen-bond donors (Lipinski definition) is 3. The van der Waals surface area contributed by atoms with Gasteiger partial charge in [0.2, 0.25) is 10.0 Å². The van der Waals surface area contributed by atoms with Gasteiger partial charge in [-0.2, -0.15) is 0 Å². The summed E-state index contributed by atoms with van der Waals surface area (Å²) in [5, 5.41) is 9.65. The first-order chi connectivity index (χ1) is 8.65. The normalized spacial score (nSPS) is 13.8. The Bertz CT molecular complexity index is 553. The van der Waals surface area contributed by atoms with E-state index in [1.807, 2.05) is 27.7 Å². The van der Waals surface area contributed by atoms with Gasteiger partial charge in [0, 0.05) is 6.54 Å². The van der Waals surface area contributed by atoms with Crippen LogP contribution in [0.1, 0.15) is 25.0 Å². The first-order valence-electron chi connectivity index (χ1n) is 6.19. The van der Waals surface area contributed by atoms with Gasteiger partial charge in [-0.15, -0.1) is 0 Å². The molecule has 0 radical (unpaired) electrons. The fraction of sp³-hybridized carbons (Fsp3) is 0.538. The van der Waals surface area contributed by atoms with Crippen LogP contribution < -0.4 is 10.5 Å². The molecule has 0 fully saturated rings. The molecular weight excluding hydrogens is 264 g/mol. The zero-order chi connectivity index (χ0) is 14.8. The van der Waals surface area contributed by atoms with Gasteiger partial charge in [0.15, 0.2) is 0 Å². The van der Waals surface area contributed by atoms with Gasteiger partial charge in [-0.1, -0.05) is 13.8 Å². The Morgan fingerprint density at radius 3 is 2.32 bits per heavy atom. The van der Waals surface area contributed by atoms with E-state index in [1.54, 1.807) is 12.1 Å². The predicted octanol–water partition coefficient (Wildman–Crippen LogP) is 1.18. The summed E-state index contributed by atoms with van der Waals surface area (Å²) in [5.41, 5.74) is 7.78. The van der Waals surface area contributed by atoms with Gasteiger partial charge in [-0.3, -0.25) is 0 Å². The zero-order valence-electron chi connectivity index (χ0n) is 11.8. The van der Waals surface area contributed by atoms with Gasteiger partial charge in [-0.05, 0) is 43.0 Å². The van der Waals surface area contributed by atoms with Crippen molar-refractivity contribution in [1.29, 1.82) is 0 Å². The topological polar surface area (TPSA) is 92.4 Å². The van der Waals surface area contributed by atoms with Crippen molar-refractivity contribution in [2.75, 3.05) is 12.3 Å². The van der Waals surface area contributed by atoms with Crippen molar-refractivity contribution in [2.24, 2.45) is 5.92 Å². The number of anilines is 1. The number of rotatable bonds is 5. The molecule has 0 heterocycles. The molecule has 6 heteroatoms. The van der Waals surface area contributed by atoms with E-state index < -0.39 is 16.1 Å². The Labute approximate surface area is 114 Å². The van der Waals surface area contributed by atoms with Crippen molar-refractivity contribution in [3.63, 3.8) is 0 Å². The molecule has 0 aliphatic rings. The monoisotopic (exact) mass is 286 g/mol. The maximum Gasteiger partial charge on any atom is 0.242 e. The quantitative estimate of drug-likeness (QED) is 0.709. The molecule has 0 bridgehead atoms. The molecule has 1 atom stereocenters. The molecular formula is C13H22N2O3S. The number of nitrogens with one attached hydrogen (secondary N) is 1. The molecule has 0 amide bonds. The summed E-state index contributed by atoms with van der Waals surface area (Å²) < 4.78 is 26.7. The van der Waals surface area contributed by atoms with Crippen molar-refractivity contribution in [1.82, 2.24) is 4.72 Å². The lowest BCUT2D eigenvalue weighted by Crippen LogP contribution is -2.35. The predicted molar refractivity (Wildman–Crippen MR) is 76.4 cm³/mol. The first-order valence-corrected chi connectivity index (χ1v) is 7.68. The Morgan fingerprint density at radius 2 is 1.79 bits per heavy atom. The fourth-order valence-corrected chi connectivity index (χ4v) is 2.80. The van der Waals surface area contributed by atoms with Crippen LogP contribution in [0.25, 0.3) is 0 Å². The second-order valence-electron chi connectivity index (χ2n) is 5.14. The second-order valence-corrected chi connectivity index (χ2v) is 6.87. The highest BCUT2D eigenvalue weighted by Gasteiger charge is 2.20. The van der Waals surface area contributed by atoms with Gasteiger partial charge in [0.25, 0.3) is 0 Å². The van der Waals surface area contributed by atoms with E-state index in [2.05, 4.69) is 4.72 Å². The summed E-state index contributed by atoms with van der Waals surface area (Å²) in [5.74, 6) is -0.0141. The summed E-state index contributed by atoms with van der Waals surface area (Å²) in [7, 11) is -3.69. The molecule has 0 saturated carbocycles. The third-order valence-electron chi connectivity index (χ3n) is 3.17. The molecule has 1 aromatic rings. The highest BCUT2D eigenvalue weighted by Crippen LogP contribution is 2.22. The fourth-order valence-electron chi connectivity index (χ4n) is 1.55. The van der Waals surface area contributed by atoms with Crippen LogP contribution in [0.2, 0.25) is 0 Å². The molecule has 1 rings (SSSR count).